The third-order valence-electron chi connectivity index (χ3n) is 3.78. The summed E-state index contributed by atoms with van der Waals surface area (Å²) in [5.41, 5.74) is 0.633. The molecule has 4 nitrogen and oxygen atoms in total. The van der Waals surface area contributed by atoms with Crippen LogP contribution in [-0.4, -0.2) is 24.0 Å². The van der Waals surface area contributed by atoms with Crippen molar-refractivity contribution in [3.63, 3.8) is 0 Å². The molecule has 0 aliphatic heterocycles. The Morgan fingerprint density at radius 1 is 1.40 bits per heavy atom. The molecule has 5 heteroatoms. The van der Waals surface area contributed by atoms with E-state index in [1.807, 2.05) is 6.92 Å². The third kappa shape index (κ3) is 3.63. The summed E-state index contributed by atoms with van der Waals surface area (Å²) in [5.74, 6) is 0.494. The van der Waals surface area contributed by atoms with Gasteiger partial charge in [0, 0.05) is 13.1 Å². The van der Waals surface area contributed by atoms with Gasteiger partial charge in [-0.15, -0.1) is 0 Å². The topological polar surface area (TPSA) is 54.0 Å². The number of aromatic nitrogens is 1. The highest BCUT2D eigenvalue weighted by molar-refractivity contribution is 6.33. The zero-order valence-electron chi connectivity index (χ0n) is 12.1. The van der Waals surface area contributed by atoms with E-state index in [0.29, 0.717) is 21.9 Å². The van der Waals surface area contributed by atoms with Crippen LogP contribution in [0.25, 0.3) is 0 Å². The zero-order valence-corrected chi connectivity index (χ0v) is 12.9. The first-order valence-corrected chi connectivity index (χ1v) is 7.66. The molecule has 0 radical (unpaired) electrons. The van der Waals surface area contributed by atoms with Crippen LogP contribution in [0.15, 0.2) is 12.1 Å². The second-order valence-electron chi connectivity index (χ2n) is 5.49. The molecule has 2 rings (SSSR count). The predicted octanol–water partition coefficient (Wildman–Crippen LogP) is 3.48. The van der Waals surface area contributed by atoms with Crippen molar-refractivity contribution in [2.75, 3.05) is 18.4 Å². The summed E-state index contributed by atoms with van der Waals surface area (Å²) in [4.78, 5) is 16.5. The van der Waals surface area contributed by atoms with E-state index in [1.54, 1.807) is 12.1 Å². The molecule has 0 atom stereocenters. The van der Waals surface area contributed by atoms with Gasteiger partial charge in [-0.3, -0.25) is 4.79 Å². The van der Waals surface area contributed by atoms with Crippen molar-refractivity contribution in [1.29, 1.82) is 0 Å². The Kier molecular flexibility index (Phi) is 4.86. The van der Waals surface area contributed by atoms with E-state index < -0.39 is 0 Å². The maximum Gasteiger partial charge on any atom is 0.271 e. The number of pyridine rings is 1. The molecular weight excluding hydrogens is 274 g/mol. The number of amides is 1. The summed E-state index contributed by atoms with van der Waals surface area (Å²) in [6.07, 6.45) is 4.75. The minimum atomic E-state index is -0.183. The van der Waals surface area contributed by atoms with Gasteiger partial charge in [-0.1, -0.05) is 24.9 Å². The van der Waals surface area contributed by atoms with Gasteiger partial charge >= 0.3 is 0 Å². The van der Waals surface area contributed by atoms with Crippen molar-refractivity contribution in [3.05, 3.63) is 22.8 Å². The summed E-state index contributed by atoms with van der Waals surface area (Å²) in [5, 5.41) is 6.46. The Morgan fingerprint density at radius 3 is 2.75 bits per heavy atom. The standard InChI is InChI=1S/C15H22ClN3O/c1-3-7-15(8-9-15)10-18-14(20)13-11(16)5-6-12(19-13)17-4-2/h5-6H,3-4,7-10H2,1-2H3,(H,17,19)(H,18,20). The van der Waals surface area contributed by atoms with E-state index >= 15 is 0 Å². The average Bonchev–Trinajstić information content (AvgIpc) is 3.19. The lowest BCUT2D eigenvalue weighted by atomic mass is 10.0. The summed E-state index contributed by atoms with van der Waals surface area (Å²) < 4.78 is 0. The van der Waals surface area contributed by atoms with Crippen molar-refractivity contribution < 1.29 is 4.79 Å². The molecule has 1 aromatic rings. The first kappa shape index (κ1) is 15.1. The van der Waals surface area contributed by atoms with Crippen LogP contribution < -0.4 is 10.6 Å². The van der Waals surface area contributed by atoms with Crippen LogP contribution >= 0.6 is 11.6 Å². The molecule has 1 saturated carbocycles. The maximum atomic E-state index is 12.2. The van der Waals surface area contributed by atoms with Gasteiger partial charge in [-0.2, -0.15) is 0 Å². The van der Waals surface area contributed by atoms with Crippen LogP contribution in [0.5, 0.6) is 0 Å². The predicted molar refractivity (Wildman–Crippen MR) is 82.3 cm³/mol. The van der Waals surface area contributed by atoms with E-state index in [-0.39, 0.29) is 5.91 Å². The molecule has 1 aromatic heterocycles. The molecule has 0 aromatic carbocycles. The molecule has 1 aliphatic carbocycles. The number of carbonyl (C=O) groups excluding carboxylic acids is 1. The van der Waals surface area contributed by atoms with Gasteiger partial charge in [0.1, 0.15) is 11.5 Å². The lowest BCUT2D eigenvalue weighted by Gasteiger charge is -2.15. The van der Waals surface area contributed by atoms with Crippen molar-refractivity contribution in [3.8, 4) is 0 Å². The monoisotopic (exact) mass is 295 g/mol. The van der Waals surface area contributed by atoms with Crippen LogP contribution in [0.3, 0.4) is 0 Å². The fraction of sp³-hybridized carbons (Fsp3) is 0.600. The van der Waals surface area contributed by atoms with Crippen molar-refractivity contribution >= 4 is 23.3 Å². The lowest BCUT2D eigenvalue weighted by molar-refractivity contribution is 0.0939. The molecule has 1 amide bonds. The van der Waals surface area contributed by atoms with Crippen LogP contribution in [0.1, 0.15) is 50.0 Å². The summed E-state index contributed by atoms with van der Waals surface area (Å²) in [7, 11) is 0. The summed E-state index contributed by atoms with van der Waals surface area (Å²) in [6, 6.07) is 3.49. The zero-order chi connectivity index (χ0) is 14.6. The smallest absolute Gasteiger partial charge is 0.271 e. The fourth-order valence-corrected chi connectivity index (χ4v) is 2.65. The molecule has 1 fully saturated rings. The lowest BCUT2D eigenvalue weighted by Crippen LogP contribution is -2.31. The number of nitrogens with zero attached hydrogens (tertiary/aromatic N) is 1. The van der Waals surface area contributed by atoms with E-state index in [1.165, 1.54) is 19.3 Å². The minimum Gasteiger partial charge on any atom is -0.370 e. The Balaban J connectivity index is 1.99. The van der Waals surface area contributed by atoms with E-state index in [2.05, 4.69) is 22.5 Å². The highest BCUT2D eigenvalue weighted by atomic mass is 35.5. The minimum absolute atomic E-state index is 0.183. The van der Waals surface area contributed by atoms with Crippen molar-refractivity contribution in [1.82, 2.24) is 10.3 Å². The van der Waals surface area contributed by atoms with Gasteiger partial charge in [0.25, 0.3) is 5.91 Å². The Morgan fingerprint density at radius 2 is 2.15 bits per heavy atom. The molecule has 2 N–H and O–H groups in total. The van der Waals surface area contributed by atoms with E-state index in [4.69, 9.17) is 11.6 Å². The maximum absolute atomic E-state index is 12.2. The highest BCUT2D eigenvalue weighted by Crippen LogP contribution is 2.48. The quantitative estimate of drug-likeness (QED) is 0.810. The van der Waals surface area contributed by atoms with Crippen LogP contribution in [0.4, 0.5) is 5.82 Å². The van der Waals surface area contributed by atoms with Crippen molar-refractivity contribution in [2.45, 2.75) is 39.5 Å². The molecule has 0 bridgehead atoms. The van der Waals surface area contributed by atoms with Gasteiger partial charge < -0.3 is 10.6 Å². The van der Waals surface area contributed by atoms with Crippen LogP contribution in [0.2, 0.25) is 5.02 Å². The Labute approximate surface area is 125 Å². The molecule has 1 aliphatic rings. The van der Waals surface area contributed by atoms with Crippen molar-refractivity contribution in [2.24, 2.45) is 5.41 Å². The SMILES string of the molecule is CCCC1(CNC(=O)c2nc(NCC)ccc2Cl)CC1. The molecule has 1 heterocycles. The van der Waals surface area contributed by atoms with Crippen LogP contribution in [0, 0.1) is 5.41 Å². The molecule has 0 saturated heterocycles. The summed E-state index contributed by atoms with van der Waals surface area (Å²) >= 11 is 6.07. The van der Waals surface area contributed by atoms with E-state index in [0.717, 1.165) is 19.5 Å². The van der Waals surface area contributed by atoms with Gasteiger partial charge in [0.05, 0.1) is 5.02 Å². The van der Waals surface area contributed by atoms with Gasteiger partial charge in [-0.25, -0.2) is 4.98 Å². The second-order valence-corrected chi connectivity index (χ2v) is 5.90. The largest absolute Gasteiger partial charge is 0.370 e. The Bertz CT molecular complexity index is 486. The van der Waals surface area contributed by atoms with Gasteiger partial charge in [-0.05, 0) is 43.7 Å². The second kappa shape index (κ2) is 6.44. The van der Waals surface area contributed by atoms with Crippen LogP contribution in [-0.2, 0) is 0 Å². The fourth-order valence-electron chi connectivity index (χ4n) is 2.45. The van der Waals surface area contributed by atoms with E-state index in [9.17, 15) is 4.79 Å². The number of nitrogens with one attached hydrogen (secondary N) is 2. The molecular formula is C15H22ClN3O. The number of rotatable bonds is 7. The number of halogens is 1. The molecule has 0 spiro atoms. The molecule has 0 unspecified atom stereocenters. The number of hydrogen-bond donors (Lipinski definition) is 2. The van der Waals surface area contributed by atoms with Gasteiger partial charge in [0.2, 0.25) is 0 Å². The summed E-state index contributed by atoms with van der Waals surface area (Å²) in [6.45, 7) is 5.65. The first-order valence-electron chi connectivity index (χ1n) is 7.29. The number of anilines is 1. The normalized spacial score (nSPS) is 15.8. The molecule has 20 heavy (non-hydrogen) atoms. The first-order chi connectivity index (χ1) is 9.60. The molecule has 110 valence electrons. The highest BCUT2D eigenvalue weighted by Gasteiger charge is 2.41. The number of carbonyl (C=O) groups is 1. The average molecular weight is 296 g/mol. The van der Waals surface area contributed by atoms with Gasteiger partial charge in [0.15, 0.2) is 0 Å². The Hall–Kier alpha value is -1.29. The third-order valence-corrected chi connectivity index (χ3v) is 4.09. The number of hydrogen-bond acceptors (Lipinski definition) is 3.